The third kappa shape index (κ3) is 1.57. The van der Waals surface area contributed by atoms with Crippen LogP contribution in [0.3, 0.4) is 0 Å². The molecule has 1 aromatic carbocycles. The minimum Gasteiger partial charge on any atom is -0.505 e. The first-order valence-electron chi connectivity index (χ1n) is 4.53. The van der Waals surface area contributed by atoms with E-state index >= 15 is 0 Å². The summed E-state index contributed by atoms with van der Waals surface area (Å²) in [5, 5.41) is 9.82. The Labute approximate surface area is 86.5 Å². The Balaban J connectivity index is 2.43. The molecule has 0 saturated heterocycles. The standard InChI is InChI=1S/C10H11ClFNO/c11-6-3-4-7(12)10(14)8(6)9(13)5-1-2-5/h3-5,9,14H,1-2,13H2/t9-/m1/s1. The van der Waals surface area contributed by atoms with Gasteiger partial charge in [0, 0.05) is 16.6 Å². The summed E-state index contributed by atoms with van der Waals surface area (Å²) in [6, 6.07) is 2.22. The fourth-order valence-electron chi connectivity index (χ4n) is 1.56. The van der Waals surface area contributed by atoms with Crippen LogP contribution in [0.2, 0.25) is 5.02 Å². The van der Waals surface area contributed by atoms with Crippen LogP contribution in [0.1, 0.15) is 24.4 Å². The molecule has 4 heteroatoms. The van der Waals surface area contributed by atoms with Crippen LogP contribution in [-0.2, 0) is 0 Å². The number of hydrogen-bond acceptors (Lipinski definition) is 2. The average Bonchev–Trinajstić information content (AvgIpc) is 2.95. The van der Waals surface area contributed by atoms with Crippen molar-refractivity contribution in [1.29, 1.82) is 0 Å². The smallest absolute Gasteiger partial charge is 0.165 e. The quantitative estimate of drug-likeness (QED) is 0.797. The SMILES string of the molecule is N[C@@H](c1c(Cl)ccc(F)c1O)C1CC1. The Bertz CT molecular complexity index is 365. The molecule has 0 radical (unpaired) electrons. The number of nitrogens with two attached hydrogens (primary N) is 1. The Kier molecular flexibility index (Phi) is 2.37. The van der Waals surface area contributed by atoms with Crippen LogP contribution in [0.5, 0.6) is 5.75 Å². The lowest BCUT2D eigenvalue weighted by atomic mass is 10.0. The highest BCUT2D eigenvalue weighted by Crippen LogP contribution is 2.44. The topological polar surface area (TPSA) is 46.2 Å². The third-order valence-electron chi connectivity index (χ3n) is 2.58. The van der Waals surface area contributed by atoms with Gasteiger partial charge in [-0.1, -0.05) is 11.6 Å². The molecule has 2 nitrogen and oxygen atoms in total. The van der Waals surface area contributed by atoms with Gasteiger partial charge in [-0.2, -0.15) is 0 Å². The number of hydrogen-bond donors (Lipinski definition) is 2. The van der Waals surface area contributed by atoms with E-state index < -0.39 is 11.6 Å². The average molecular weight is 216 g/mol. The van der Waals surface area contributed by atoms with E-state index in [1.165, 1.54) is 6.07 Å². The van der Waals surface area contributed by atoms with Gasteiger partial charge in [0.1, 0.15) is 0 Å². The number of phenolic OH excluding ortho intramolecular Hbond substituents is 1. The first-order chi connectivity index (χ1) is 6.61. The highest BCUT2D eigenvalue weighted by molar-refractivity contribution is 6.31. The number of aromatic hydroxyl groups is 1. The Morgan fingerprint density at radius 3 is 2.71 bits per heavy atom. The van der Waals surface area contributed by atoms with E-state index in [2.05, 4.69) is 0 Å². The number of benzene rings is 1. The van der Waals surface area contributed by atoms with Gasteiger partial charge < -0.3 is 10.8 Å². The zero-order chi connectivity index (χ0) is 10.3. The van der Waals surface area contributed by atoms with E-state index in [9.17, 15) is 9.50 Å². The van der Waals surface area contributed by atoms with Crippen LogP contribution in [0.4, 0.5) is 4.39 Å². The molecule has 0 spiro atoms. The predicted octanol–water partition coefficient (Wildman–Crippen LogP) is 2.59. The Morgan fingerprint density at radius 1 is 1.50 bits per heavy atom. The second-order valence-electron chi connectivity index (χ2n) is 3.65. The summed E-state index contributed by atoms with van der Waals surface area (Å²) in [7, 11) is 0. The molecule has 14 heavy (non-hydrogen) atoms. The van der Waals surface area contributed by atoms with Gasteiger partial charge in [-0.3, -0.25) is 0 Å². The fourth-order valence-corrected chi connectivity index (χ4v) is 1.84. The van der Waals surface area contributed by atoms with E-state index in [0.29, 0.717) is 16.5 Å². The van der Waals surface area contributed by atoms with E-state index in [-0.39, 0.29) is 6.04 Å². The van der Waals surface area contributed by atoms with Crippen LogP contribution < -0.4 is 5.73 Å². The van der Waals surface area contributed by atoms with E-state index in [1.54, 1.807) is 0 Å². The van der Waals surface area contributed by atoms with Crippen LogP contribution >= 0.6 is 11.6 Å². The lowest BCUT2D eigenvalue weighted by Crippen LogP contribution is -2.13. The molecule has 0 heterocycles. The molecule has 1 atom stereocenters. The molecule has 1 aliphatic rings. The molecule has 0 bridgehead atoms. The lowest BCUT2D eigenvalue weighted by molar-refractivity contribution is 0.417. The zero-order valence-electron chi connectivity index (χ0n) is 7.50. The Hall–Kier alpha value is -0.800. The van der Waals surface area contributed by atoms with Crippen molar-refractivity contribution in [2.45, 2.75) is 18.9 Å². The third-order valence-corrected chi connectivity index (χ3v) is 2.91. The molecule has 2 rings (SSSR count). The van der Waals surface area contributed by atoms with Gasteiger partial charge >= 0.3 is 0 Å². The first kappa shape index (κ1) is 9.74. The second kappa shape index (κ2) is 3.41. The zero-order valence-corrected chi connectivity index (χ0v) is 8.26. The highest BCUT2D eigenvalue weighted by atomic mass is 35.5. The van der Waals surface area contributed by atoms with Crippen molar-refractivity contribution in [3.63, 3.8) is 0 Å². The number of rotatable bonds is 2. The van der Waals surface area contributed by atoms with Crippen molar-refractivity contribution in [3.8, 4) is 5.75 Å². The highest BCUT2D eigenvalue weighted by Gasteiger charge is 2.33. The largest absolute Gasteiger partial charge is 0.505 e. The van der Waals surface area contributed by atoms with Crippen LogP contribution in [-0.4, -0.2) is 5.11 Å². The maximum absolute atomic E-state index is 13.0. The summed E-state index contributed by atoms with van der Waals surface area (Å²) in [6.07, 6.45) is 2.04. The molecular formula is C10H11ClFNO. The fraction of sp³-hybridized carbons (Fsp3) is 0.400. The molecule has 76 valence electrons. The van der Waals surface area contributed by atoms with Crippen molar-refractivity contribution >= 4 is 11.6 Å². The first-order valence-corrected chi connectivity index (χ1v) is 4.91. The van der Waals surface area contributed by atoms with Gasteiger partial charge in [0.05, 0.1) is 0 Å². The molecule has 3 N–H and O–H groups in total. The lowest BCUT2D eigenvalue weighted by Gasteiger charge is -2.14. The maximum atomic E-state index is 13.0. The van der Waals surface area contributed by atoms with E-state index in [0.717, 1.165) is 18.9 Å². The molecule has 1 aromatic rings. The molecule has 0 aromatic heterocycles. The Morgan fingerprint density at radius 2 is 2.14 bits per heavy atom. The van der Waals surface area contributed by atoms with Gasteiger partial charge in [-0.15, -0.1) is 0 Å². The minimum absolute atomic E-state index is 0.334. The summed E-state index contributed by atoms with van der Waals surface area (Å²) >= 11 is 5.86. The predicted molar refractivity (Wildman–Crippen MR) is 52.7 cm³/mol. The van der Waals surface area contributed by atoms with E-state index in [1.807, 2.05) is 0 Å². The van der Waals surface area contributed by atoms with Gasteiger partial charge in [0.25, 0.3) is 0 Å². The van der Waals surface area contributed by atoms with Crippen molar-refractivity contribution in [2.75, 3.05) is 0 Å². The summed E-state index contributed by atoms with van der Waals surface area (Å²) in [6.45, 7) is 0. The monoisotopic (exact) mass is 215 g/mol. The van der Waals surface area contributed by atoms with Crippen LogP contribution in [0.25, 0.3) is 0 Å². The van der Waals surface area contributed by atoms with Crippen LogP contribution in [0.15, 0.2) is 12.1 Å². The molecule has 0 amide bonds. The van der Waals surface area contributed by atoms with Crippen molar-refractivity contribution in [3.05, 3.63) is 28.5 Å². The number of phenols is 1. The minimum atomic E-state index is -0.666. The van der Waals surface area contributed by atoms with Crippen LogP contribution in [0, 0.1) is 11.7 Å². The molecule has 0 aliphatic heterocycles. The maximum Gasteiger partial charge on any atom is 0.165 e. The van der Waals surface area contributed by atoms with Crippen molar-refractivity contribution in [2.24, 2.45) is 11.7 Å². The second-order valence-corrected chi connectivity index (χ2v) is 4.06. The van der Waals surface area contributed by atoms with Gasteiger partial charge in [-0.05, 0) is 30.9 Å². The summed E-state index contributed by atoms with van der Waals surface area (Å²) in [5.74, 6) is -0.738. The molecule has 1 fully saturated rings. The van der Waals surface area contributed by atoms with Gasteiger partial charge in [0.2, 0.25) is 0 Å². The van der Waals surface area contributed by atoms with Gasteiger partial charge in [0.15, 0.2) is 11.6 Å². The van der Waals surface area contributed by atoms with Crippen molar-refractivity contribution < 1.29 is 9.50 Å². The molecule has 1 saturated carbocycles. The molecular weight excluding hydrogens is 205 g/mol. The molecule has 1 aliphatic carbocycles. The summed E-state index contributed by atoms with van der Waals surface area (Å²) in [4.78, 5) is 0. The summed E-state index contributed by atoms with van der Waals surface area (Å²) < 4.78 is 13.0. The van der Waals surface area contributed by atoms with Crippen molar-refractivity contribution in [1.82, 2.24) is 0 Å². The number of halogens is 2. The van der Waals surface area contributed by atoms with Gasteiger partial charge in [-0.25, -0.2) is 4.39 Å². The molecule has 0 unspecified atom stereocenters. The summed E-state index contributed by atoms with van der Waals surface area (Å²) in [5.41, 5.74) is 6.20. The van der Waals surface area contributed by atoms with E-state index in [4.69, 9.17) is 17.3 Å². The normalized spacial score (nSPS) is 18.2.